The molecule has 3 fully saturated rings. The summed E-state index contributed by atoms with van der Waals surface area (Å²) >= 11 is 12.1. The fourth-order valence-corrected chi connectivity index (χ4v) is 4.23. The predicted molar refractivity (Wildman–Crippen MR) is 68.2 cm³/mol. The maximum Gasteiger partial charge on any atom is 1.00 e. The Morgan fingerprint density at radius 1 is 1.05 bits per heavy atom. The van der Waals surface area contributed by atoms with Crippen molar-refractivity contribution in [2.45, 2.75) is 31.0 Å². The van der Waals surface area contributed by atoms with E-state index in [9.17, 15) is 12.9 Å². The summed E-state index contributed by atoms with van der Waals surface area (Å²) in [6.45, 7) is -4.70. The van der Waals surface area contributed by atoms with Gasteiger partial charge in [-0.15, -0.1) is 0 Å². The van der Waals surface area contributed by atoms with Crippen LogP contribution in [-0.4, -0.2) is 6.98 Å². The van der Waals surface area contributed by atoms with Gasteiger partial charge in [-0.25, -0.2) is 0 Å². The molecule has 0 heterocycles. The van der Waals surface area contributed by atoms with Crippen LogP contribution >= 0.6 is 23.2 Å². The fraction of sp³-hybridized carbons (Fsp3) is 0.500. The third kappa shape index (κ3) is 2.58. The van der Waals surface area contributed by atoms with E-state index < -0.39 is 12.3 Å². The monoisotopic (exact) mass is 332 g/mol. The number of rotatable bonds is 3. The number of hydrogen-bond donors (Lipinski definition) is 0. The van der Waals surface area contributed by atoms with Crippen LogP contribution < -0.4 is 51.4 Å². The molecular weight excluding hydrogens is 322 g/mol. The minimum atomic E-state index is -4.70. The smallest absolute Gasteiger partial charge is 0.449 e. The third-order valence-corrected chi connectivity index (χ3v) is 5.20. The maximum absolute atomic E-state index is 12.8. The summed E-state index contributed by atoms with van der Waals surface area (Å²) < 4.78 is 38.4. The Hall–Kier alpha value is 1.29. The van der Waals surface area contributed by atoms with Gasteiger partial charge in [-0.2, -0.15) is 0 Å². The Labute approximate surface area is 162 Å². The van der Waals surface area contributed by atoms with E-state index in [2.05, 4.69) is 0 Å². The topological polar surface area (TPSA) is 0 Å². The summed E-state index contributed by atoms with van der Waals surface area (Å²) in [7, 11) is 0. The van der Waals surface area contributed by atoms with Gasteiger partial charge < -0.3 is 12.9 Å². The van der Waals surface area contributed by atoms with Crippen molar-refractivity contribution in [2.75, 3.05) is 0 Å². The van der Waals surface area contributed by atoms with Gasteiger partial charge in [0.1, 0.15) is 0 Å². The molecule has 0 atom stereocenters. The van der Waals surface area contributed by atoms with Gasteiger partial charge in [0.25, 0.3) is 0 Å². The van der Waals surface area contributed by atoms with Crippen LogP contribution in [0.25, 0.3) is 0 Å². The molecule has 0 radical (unpaired) electrons. The van der Waals surface area contributed by atoms with Gasteiger partial charge in [0, 0.05) is 10.0 Å². The maximum atomic E-state index is 12.8. The van der Waals surface area contributed by atoms with Crippen LogP contribution in [-0.2, 0) is 6.42 Å². The molecule has 1 aromatic rings. The van der Waals surface area contributed by atoms with Crippen molar-refractivity contribution < 1.29 is 64.3 Å². The van der Waals surface area contributed by atoms with Gasteiger partial charge in [0.15, 0.2) is 0 Å². The van der Waals surface area contributed by atoms with Crippen LogP contribution in [0.5, 0.6) is 0 Å². The van der Waals surface area contributed by atoms with Crippen LogP contribution in [0.2, 0.25) is 15.4 Å². The molecule has 0 aromatic heterocycles. The molecule has 1 aromatic carbocycles. The summed E-state index contributed by atoms with van der Waals surface area (Å²) in [6.07, 6.45) is 1.33. The molecule has 98 valence electrons. The van der Waals surface area contributed by atoms with E-state index in [-0.39, 0.29) is 76.1 Å². The molecule has 7 heteroatoms. The number of benzene rings is 1. The van der Waals surface area contributed by atoms with Crippen molar-refractivity contribution >= 4 is 30.2 Å². The Morgan fingerprint density at radius 3 is 1.95 bits per heavy atom. The third-order valence-electron chi connectivity index (χ3n) is 4.49. The minimum Gasteiger partial charge on any atom is -0.449 e. The van der Waals surface area contributed by atoms with E-state index in [0.717, 1.165) is 5.56 Å². The average Bonchev–Trinajstić information content (AvgIpc) is 2.09. The Balaban J connectivity index is 0.00000133. The molecule has 0 amide bonds. The summed E-state index contributed by atoms with van der Waals surface area (Å²) in [6, 6.07) is 5.21. The zero-order valence-corrected chi connectivity index (χ0v) is 15.2. The molecule has 2 bridgehead atoms. The van der Waals surface area contributed by atoms with E-state index in [1.165, 1.54) is 0 Å². The second-order valence-electron chi connectivity index (χ2n) is 5.84. The molecule has 19 heavy (non-hydrogen) atoms. The van der Waals surface area contributed by atoms with Crippen molar-refractivity contribution in [3.8, 4) is 0 Å². The molecule has 0 nitrogen and oxygen atoms in total. The van der Waals surface area contributed by atoms with Crippen molar-refractivity contribution in [1.29, 1.82) is 0 Å². The molecule has 4 rings (SSSR count). The summed E-state index contributed by atoms with van der Waals surface area (Å²) in [5.74, 6) is 0. The number of halogens is 5. The van der Waals surface area contributed by atoms with Crippen molar-refractivity contribution in [2.24, 2.45) is 5.41 Å². The molecule has 3 saturated carbocycles. The van der Waals surface area contributed by atoms with E-state index in [1.807, 2.05) is 0 Å². The van der Waals surface area contributed by atoms with Crippen molar-refractivity contribution in [1.82, 2.24) is 0 Å². The quantitative estimate of drug-likeness (QED) is 0.745. The van der Waals surface area contributed by atoms with Gasteiger partial charge in [-0.1, -0.05) is 53.8 Å². The molecule has 0 aliphatic heterocycles. The Morgan fingerprint density at radius 2 is 1.53 bits per heavy atom. The van der Waals surface area contributed by atoms with Gasteiger partial charge in [0.05, 0.1) is 0 Å². The molecule has 3 aliphatic carbocycles. The first-order valence-corrected chi connectivity index (χ1v) is 6.65. The van der Waals surface area contributed by atoms with Crippen LogP contribution in [0.3, 0.4) is 0 Å². The van der Waals surface area contributed by atoms with E-state index in [0.29, 0.717) is 16.5 Å². The number of hydrogen-bond acceptors (Lipinski definition) is 0. The SMILES string of the molecule is F[B-](F)(F)C12CC(Cc3c(Cl)cccc3Cl)(C1)C2.[K+]. The molecule has 0 saturated heterocycles. The summed E-state index contributed by atoms with van der Waals surface area (Å²) in [5.41, 5.74) is 0.593. The first kappa shape index (κ1) is 16.7. The average molecular weight is 333 g/mol. The standard InChI is InChI=1S/C12H11BCl2F3.K/c14-9-2-1-3-10(15)8(9)4-11-5-12(6-11,7-11)13(16,17)18;/h1-3H,4-7H2;/q-1;+1. The first-order valence-electron chi connectivity index (χ1n) is 5.89. The van der Waals surface area contributed by atoms with E-state index >= 15 is 0 Å². The first-order chi connectivity index (χ1) is 8.27. The van der Waals surface area contributed by atoms with Crippen LogP contribution in [0.4, 0.5) is 12.9 Å². The normalized spacial score (nSPS) is 32.1. The van der Waals surface area contributed by atoms with E-state index in [4.69, 9.17) is 23.2 Å². The minimum absolute atomic E-state index is 0. The van der Waals surface area contributed by atoms with Crippen molar-refractivity contribution in [3.05, 3.63) is 33.8 Å². The largest absolute Gasteiger partial charge is 1.00 e. The molecule has 0 N–H and O–H groups in total. The van der Waals surface area contributed by atoms with E-state index in [1.54, 1.807) is 18.2 Å². The van der Waals surface area contributed by atoms with Gasteiger partial charge in [-0.3, -0.25) is 0 Å². The van der Waals surface area contributed by atoms with Crippen molar-refractivity contribution in [3.63, 3.8) is 0 Å². The van der Waals surface area contributed by atoms with Gasteiger partial charge in [-0.05, 0) is 29.5 Å². The molecule has 0 unspecified atom stereocenters. The molecule has 0 spiro atoms. The zero-order chi connectivity index (χ0) is 13.2. The molecule has 3 aliphatic rings. The fourth-order valence-electron chi connectivity index (χ4n) is 3.70. The van der Waals surface area contributed by atoms with Gasteiger partial charge >= 0.3 is 58.4 Å². The van der Waals surface area contributed by atoms with Crippen LogP contribution in [0, 0.1) is 5.41 Å². The Kier molecular flexibility index (Phi) is 4.54. The molecular formula is C12H11BCl2F3K. The van der Waals surface area contributed by atoms with Gasteiger partial charge in [0.2, 0.25) is 0 Å². The zero-order valence-electron chi connectivity index (χ0n) is 10.5. The van der Waals surface area contributed by atoms with Crippen LogP contribution in [0.15, 0.2) is 18.2 Å². The summed E-state index contributed by atoms with van der Waals surface area (Å²) in [4.78, 5) is 0. The second kappa shape index (κ2) is 5.18. The van der Waals surface area contributed by atoms with Crippen LogP contribution in [0.1, 0.15) is 24.8 Å². The summed E-state index contributed by atoms with van der Waals surface area (Å²) in [5, 5.41) is -0.231. The Bertz CT molecular complexity index is 478. The second-order valence-corrected chi connectivity index (χ2v) is 6.66. The predicted octanol–water partition coefficient (Wildman–Crippen LogP) is 2.31.